The molecule has 0 unspecified atom stereocenters. The van der Waals surface area contributed by atoms with Crippen LogP contribution in [0, 0.1) is 0 Å². The summed E-state index contributed by atoms with van der Waals surface area (Å²) < 4.78 is 40.0. The van der Waals surface area contributed by atoms with Gasteiger partial charge in [-0.2, -0.15) is 18.3 Å². The van der Waals surface area contributed by atoms with Crippen molar-refractivity contribution < 1.29 is 18.0 Å². The predicted molar refractivity (Wildman–Crippen MR) is 84.1 cm³/mol. The summed E-state index contributed by atoms with van der Waals surface area (Å²) in [7, 11) is 1.56. The number of aryl methyl sites for hydroxylation is 2. The Morgan fingerprint density at radius 3 is 2.80 bits per heavy atom. The summed E-state index contributed by atoms with van der Waals surface area (Å²) in [5.41, 5.74) is 0.317. The van der Waals surface area contributed by atoms with E-state index in [1.54, 1.807) is 18.0 Å². The molecule has 1 aliphatic heterocycles. The smallest absolute Gasteiger partial charge is 0.337 e. The van der Waals surface area contributed by atoms with Gasteiger partial charge in [0.2, 0.25) is 0 Å². The van der Waals surface area contributed by atoms with Crippen molar-refractivity contribution in [2.45, 2.75) is 38.3 Å². The monoisotopic (exact) mass is 355 g/mol. The Kier molecular flexibility index (Phi) is 4.57. The van der Waals surface area contributed by atoms with E-state index in [0.29, 0.717) is 31.0 Å². The molecule has 2 aromatic rings. The molecule has 1 aliphatic rings. The van der Waals surface area contributed by atoms with Crippen LogP contribution in [0.2, 0.25) is 0 Å². The first-order valence-corrected chi connectivity index (χ1v) is 8.23. The lowest BCUT2D eigenvalue weighted by Crippen LogP contribution is -2.39. The van der Waals surface area contributed by atoms with E-state index in [1.807, 2.05) is 6.92 Å². The molecule has 1 amide bonds. The first-order valence-electron chi connectivity index (χ1n) is 8.23. The van der Waals surface area contributed by atoms with Crippen LogP contribution in [0.4, 0.5) is 13.2 Å². The number of H-pyrrole nitrogens is 1. The van der Waals surface area contributed by atoms with Gasteiger partial charge in [-0.25, -0.2) is 4.98 Å². The molecule has 0 bridgehead atoms. The number of carbonyl (C=O) groups excluding carboxylic acids is 1. The van der Waals surface area contributed by atoms with E-state index >= 15 is 0 Å². The highest BCUT2D eigenvalue weighted by molar-refractivity contribution is 5.92. The summed E-state index contributed by atoms with van der Waals surface area (Å²) in [6, 6.07) is 1.72. The molecule has 2 aromatic heterocycles. The molecule has 0 aliphatic carbocycles. The van der Waals surface area contributed by atoms with Crippen LogP contribution >= 0.6 is 0 Å². The minimum atomic E-state index is -4.47. The van der Waals surface area contributed by atoms with Gasteiger partial charge in [0.25, 0.3) is 5.91 Å². The van der Waals surface area contributed by atoms with E-state index in [2.05, 4.69) is 15.2 Å². The molecule has 3 rings (SSSR count). The number of nitrogens with one attached hydrogen (secondary N) is 1. The number of piperidine rings is 1. The molecule has 0 radical (unpaired) electrons. The predicted octanol–water partition coefficient (Wildman–Crippen LogP) is 2.74. The van der Waals surface area contributed by atoms with E-state index in [0.717, 1.165) is 24.7 Å². The molecule has 0 aromatic carbocycles. The van der Waals surface area contributed by atoms with Crippen molar-refractivity contribution in [1.29, 1.82) is 0 Å². The normalized spacial score (nSPS) is 18.6. The minimum Gasteiger partial charge on any atom is -0.337 e. The first-order chi connectivity index (χ1) is 11.8. The summed E-state index contributed by atoms with van der Waals surface area (Å²) in [5.74, 6) is -0.0598. The molecular formula is C16H20F3N5O. The number of aromatic amines is 1. The van der Waals surface area contributed by atoms with Crippen molar-refractivity contribution >= 4 is 5.91 Å². The SMILES string of the molecule is CCc1cc(C(=O)N2CCC[C@H](c3nc(C(F)(F)F)cn3C)C2)n[nH]1. The topological polar surface area (TPSA) is 66.8 Å². The van der Waals surface area contributed by atoms with Crippen LogP contribution in [-0.4, -0.2) is 43.6 Å². The number of hydrogen-bond donors (Lipinski definition) is 1. The second-order valence-corrected chi connectivity index (χ2v) is 6.32. The van der Waals surface area contributed by atoms with Gasteiger partial charge < -0.3 is 9.47 Å². The number of aromatic nitrogens is 4. The van der Waals surface area contributed by atoms with E-state index in [4.69, 9.17) is 0 Å². The van der Waals surface area contributed by atoms with Gasteiger partial charge in [-0.1, -0.05) is 6.92 Å². The molecule has 3 heterocycles. The van der Waals surface area contributed by atoms with Crippen LogP contribution in [0.15, 0.2) is 12.3 Å². The molecule has 25 heavy (non-hydrogen) atoms. The average molecular weight is 355 g/mol. The van der Waals surface area contributed by atoms with Gasteiger partial charge in [0.05, 0.1) is 0 Å². The molecule has 136 valence electrons. The van der Waals surface area contributed by atoms with Crippen molar-refractivity contribution in [2.24, 2.45) is 7.05 Å². The Bertz CT molecular complexity index is 764. The Morgan fingerprint density at radius 1 is 1.44 bits per heavy atom. The third-order valence-corrected chi connectivity index (χ3v) is 4.51. The summed E-state index contributed by atoms with van der Waals surface area (Å²) in [5, 5.41) is 6.84. The van der Waals surface area contributed by atoms with Gasteiger partial charge in [-0.15, -0.1) is 0 Å². The van der Waals surface area contributed by atoms with Gasteiger partial charge >= 0.3 is 6.18 Å². The van der Waals surface area contributed by atoms with Gasteiger partial charge in [0, 0.05) is 37.9 Å². The zero-order valence-corrected chi connectivity index (χ0v) is 14.1. The van der Waals surface area contributed by atoms with Crippen molar-refractivity contribution in [3.05, 3.63) is 35.2 Å². The van der Waals surface area contributed by atoms with Crippen molar-refractivity contribution in [2.75, 3.05) is 13.1 Å². The molecule has 6 nitrogen and oxygen atoms in total. The third-order valence-electron chi connectivity index (χ3n) is 4.51. The maximum atomic E-state index is 12.9. The highest BCUT2D eigenvalue weighted by Gasteiger charge is 2.36. The maximum absolute atomic E-state index is 12.9. The zero-order valence-electron chi connectivity index (χ0n) is 14.1. The number of hydrogen-bond acceptors (Lipinski definition) is 3. The number of amides is 1. The van der Waals surface area contributed by atoms with Gasteiger partial charge in [0.1, 0.15) is 11.5 Å². The Morgan fingerprint density at radius 2 is 2.20 bits per heavy atom. The standard InChI is InChI=1S/C16H20F3N5O/c1-3-11-7-12(22-21-11)15(25)24-6-4-5-10(8-24)14-20-13(9-23(14)2)16(17,18)19/h7,9-10H,3-6,8H2,1-2H3,(H,21,22)/t10-/m0/s1. The first kappa shape index (κ1) is 17.5. The summed E-state index contributed by atoms with van der Waals surface area (Å²) in [6.45, 7) is 2.87. The number of carbonyl (C=O) groups is 1. The Labute approximate surface area is 143 Å². The van der Waals surface area contributed by atoms with Crippen LogP contribution in [-0.2, 0) is 19.6 Å². The number of nitrogens with zero attached hydrogens (tertiary/aromatic N) is 4. The quantitative estimate of drug-likeness (QED) is 0.921. The molecular weight excluding hydrogens is 335 g/mol. The number of imidazole rings is 1. The van der Waals surface area contributed by atoms with E-state index in [-0.39, 0.29) is 11.8 Å². The molecule has 1 N–H and O–H groups in total. The molecule has 1 saturated heterocycles. The Balaban J connectivity index is 1.77. The molecule has 9 heteroatoms. The second kappa shape index (κ2) is 6.53. The van der Waals surface area contributed by atoms with E-state index in [1.165, 1.54) is 4.57 Å². The summed E-state index contributed by atoms with van der Waals surface area (Å²) >= 11 is 0. The van der Waals surface area contributed by atoms with Crippen molar-refractivity contribution in [1.82, 2.24) is 24.6 Å². The lowest BCUT2D eigenvalue weighted by Gasteiger charge is -2.32. The largest absolute Gasteiger partial charge is 0.434 e. The lowest BCUT2D eigenvalue weighted by molar-refractivity contribution is -0.141. The molecule has 0 spiro atoms. The van der Waals surface area contributed by atoms with Gasteiger partial charge in [-0.3, -0.25) is 9.89 Å². The van der Waals surface area contributed by atoms with Crippen LogP contribution < -0.4 is 0 Å². The van der Waals surface area contributed by atoms with E-state index < -0.39 is 11.9 Å². The fraction of sp³-hybridized carbons (Fsp3) is 0.562. The fourth-order valence-corrected chi connectivity index (χ4v) is 3.18. The Hall–Kier alpha value is -2.32. The number of rotatable bonds is 3. The fourth-order valence-electron chi connectivity index (χ4n) is 3.18. The van der Waals surface area contributed by atoms with Crippen LogP contribution in [0.5, 0.6) is 0 Å². The van der Waals surface area contributed by atoms with Crippen LogP contribution in [0.3, 0.4) is 0 Å². The number of alkyl halides is 3. The van der Waals surface area contributed by atoms with E-state index in [9.17, 15) is 18.0 Å². The second-order valence-electron chi connectivity index (χ2n) is 6.32. The highest BCUT2D eigenvalue weighted by Crippen LogP contribution is 2.32. The third kappa shape index (κ3) is 3.54. The maximum Gasteiger partial charge on any atom is 0.434 e. The van der Waals surface area contributed by atoms with Crippen molar-refractivity contribution in [3.63, 3.8) is 0 Å². The zero-order chi connectivity index (χ0) is 18.2. The molecule has 0 saturated carbocycles. The summed E-state index contributed by atoms with van der Waals surface area (Å²) in [6.07, 6.45) is -1.30. The molecule has 1 atom stereocenters. The van der Waals surface area contributed by atoms with Crippen LogP contribution in [0.25, 0.3) is 0 Å². The van der Waals surface area contributed by atoms with Crippen LogP contribution in [0.1, 0.15) is 53.4 Å². The average Bonchev–Trinajstić information content (AvgIpc) is 3.20. The lowest BCUT2D eigenvalue weighted by atomic mass is 9.97. The number of halogens is 3. The summed E-state index contributed by atoms with van der Waals surface area (Å²) in [4.78, 5) is 18.0. The number of likely N-dealkylation sites (tertiary alicyclic amines) is 1. The van der Waals surface area contributed by atoms with Crippen molar-refractivity contribution in [3.8, 4) is 0 Å². The highest BCUT2D eigenvalue weighted by atomic mass is 19.4. The van der Waals surface area contributed by atoms with Gasteiger partial charge in [-0.05, 0) is 25.3 Å². The molecule has 1 fully saturated rings. The minimum absolute atomic E-state index is 0.203. The van der Waals surface area contributed by atoms with Gasteiger partial charge in [0.15, 0.2) is 5.69 Å².